The number of pyridine rings is 1. The van der Waals surface area contributed by atoms with Gasteiger partial charge in [0.15, 0.2) is 5.65 Å². The number of sulfonamides is 1. The number of carbonyl (C=O) groups excluding carboxylic acids is 3. The van der Waals surface area contributed by atoms with Crippen molar-refractivity contribution in [1.29, 1.82) is 0 Å². The molecule has 2 aliphatic heterocycles. The normalized spacial score (nSPS) is 17.2. The molecule has 38 heavy (non-hydrogen) atoms. The molecule has 2 saturated heterocycles. The molecule has 0 bridgehead atoms. The second-order valence-corrected chi connectivity index (χ2v) is 11.6. The second kappa shape index (κ2) is 9.04. The smallest absolute Gasteiger partial charge is 0.322 e. The number of aromatic nitrogens is 3. The number of benzene rings is 1. The van der Waals surface area contributed by atoms with Gasteiger partial charge in [0, 0.05) is 13.1 Å². The van der Waals surface area contributed by atoms with Gasteiger partial charge in [-0.2, -0.15) is 5.10 Å². The Hall–Kier alpha value is -4.07. The number of hydrogen-bond acceptors (Lipinski definition) is 8. The highest BCUT2D eigenvalue weighted by atomic mass is 32.2. The summed E-state index contributed by atoms with van der Waals surface area (Å²) in [4.78, 5) is 43.6. The van der Waals surface area contributed by atoms with Gasteiger partial charge in [-0.15, -0.1) is 0 Å². The molecule has 12 nitrogen and oxygen atoms in total. The number of nitrogens with one attached hydrogen (secondary N) is 3. The molecule has 1 aromatic carbocycles. The Morgan fingerprint density at radius 2 is 1.82 bits per heavy atom. The van der Waals surface area contributed by atoms with Gasteiger partial charge in [-0.05, 0) is 49.1 Å². The predicted molar refractivity (Wildman–Crippen MR) is 136 cm³/mol. The van der Waals surface area contributed by atoms with Gasteiger partial charge < -0.3 is 10.2 Å². The zero-order valence-corrected chi connectivity index (χ0v) is 21.7. The van der Waals surface area contributed by atoms with Crippen LogP contribution in [-0.4, -0.2) is 65.9 Å². The first-order valence-electron chi connectivity index (χ1n) is 12.0. The zero-order valence-electron chi connectivity index (χ0n) is 20.9. The molecule has 2 aliphatic rings. The van der Waals surface area contributed by atoms with Gasteiger partial charge in [0.05, 0.1) is 28.7 Å². The van der Waals surface area contributed by atoms with Crippen molar-refractivity contribution in [2.24, 2.45) is 0 Å². The van der Waals surface area contributed by atoms with Gasteiger partial charge in [0.25, 0.3) is 11.8 Å². The van der Waals surface area contributed by atoms with E-state index in [4.69, 9.17) is 5.10 Å². The number of rotatable bonds is 5. The van der Waals surface area contributed by atoms with Crippen LogP contribution < -0.4 is 20.3 Å². The molecule has 2 aromatic heterocycles. The lowest BCUT2D eigenvalue weighted by Crippen LogP contribution is -2.55. The van der Waals surface area contributed by atoms with E-state index in [-0.39, 0.29) is 17.5 Å². The van der Waals surface area contributed by atoms with Crippen LogP contribution in [0.1, 0.15) is 48.8 Å². The number of anilines is 1. The molecule has 0 unspecified atom stereocenters. The van der Waals surface area contributed by atoms with E-state index in [1.165, 1.54) is 35.0 Å². The number of halogens is 1. The van der Waals surface area contributed by atoms with Crippen LogP contribution in [0.15, 0.2) is 30.3 Å². The van der Waals surface area contributed by atoms with Gasteiger partial charge in [-0.25, -0.2) is 32.0 Å². The molecule has 200 valence electrons. The summed E-state index contributed by atoms with van der Waals surface area (Å²) in [5, 5.41) is 10.4. The number of urea groups is 1. The van der Waals surface area contributed by atoms with Crippen molar-refractivity contribution in [3.05, 3.63) is 47.5 Å². The van der Waals surface area contributed by atoms with Crippen LogP contribution in [0.25, 0.3) is 16.7 Å². The first-order valence-corrected chi connectivity index (χ1v) is 13.9. The number of fused-ring (bicyclic) bond motifs is 1. The van der Waals surface area contributed by atoms with Crippen molar-refractivity contribution in [1.82, 2.24) is 30.1 Å². The van der Waals surface area contributed by atoms with Crippen LogP contribution in [0.4, 0.5) is 14.9 Å². The number of imide groups is 1. The van der Waals surface area contributed by atoms with Crippen molar-refractivity contribution in [3.8, 4) is 5.69 Å². The first-order chi connectivity index (χ1) is 17.9. The molecule has 5 rings (SSSR count). The minimum absolute atomic E-state index is 0.0634. The van der Waals surface area contributed by atoms with Gasteiger partial charge >= 0.3 is 6.03 Å². The summed E-state index contributed by atoms with van der Waals surface area (Å²) >= 11 is 0. The average molecular weight is 544 g/mol. The van der Waals surface area contributed by atoms with Crippen LogP contribution >= 0.6 is 0 Å². The largest absolute Gasteiger partial charge is 0.371 e. The summed E-state index contributed by atoms with van der Waals surface area (Å²) in [5.41, 5.74) is 0.909. The van der Waals surface area contributed by atoms with Crippen molar-refractivity contribution < 1.29 is 27.2 Å². The van der Waals surface area contributed by atoms with E-state index in [9.17, 15) is 27.2 Å². The molecule has 1 spiro atoms. The fourth-order valence-corrected chi connectivity index (χ4v) is 5.33. The monoisotopic (exact) mass is 543 g/mol. The maximum absolute atomic E-state index is 13.6. The number of hydrogen-bond donors (Lipinski definition) is 3. The Balaban J connectivity index is 1.67. The number of nitrogens with zero attached hydrogens (tertiary/aromatic N) is 4. The van der Waals surface area contributed by atoms with Crippen molar-refractivity contribution in [3.63, 3.8) is 0 Å². The van der Waals surface area contributed by atoms with Gasteiger partial charge in [-0.1, -0.05) is 13.8 Å². The summed E-state index contributed by atoms with van der Waals surface area (Å²) in [6, 6.07) is 6.60. The van der Waals surface area contributed by atoms with Crippen LogP contribution in [0, 0.1) is 5.82 Å². The SMILES string of the molecule is CC(C)c1nn(-c2ccc(F)cc2)c2nc(C(=O)NS(C)(=O)=O)cc(N3CCC4(CC3)NC(=O)NC4=O)c12. The van der Waals surface area contributed by atoms with E-state index in [0.29, 0.717) is 54.0 Å². The van der Waals surface area contributed by atoms with E-state index in [1.807, 2.05) is 23.5 Å². The maximum atomic E-state index is 13.6. The fraction of sp³-hybridized carbons (Fsp3) is 0.375. The molecule has 3 N–H and O–H groups in total. The highest BCUT2D eigenvalue weighted by molar-refractivity contribution is 7.89. The second-order valence-electron chi connectivity index (χ2n) is 9.83. The molecule has 3 aromatic rings. The van der Waals surface area contributed by atoms with Crippen LogP contribution in [0.2, 0.25) is 0 Å². The molecule has 14 heteroatoms. The average Bonchev–Trinajstić information content (AvgIpc) is 3.35. The summed E-state index contributed by atoms with van der Waals surface area (Å²) < 4.78 is 40.7. The Morgan fingerprint density at radius 3 is 2.37 bits per heavy atom. The third-order valence-electron chi connectivity index (χ3n) is 6.75. The van der Waals surface area contributed by atoms with Gasteiger partial charge in [-0.3, -0.25) is 14.9 Å². The third kappa shape index (κ3) is 4.55. The summed E-state index contributed by atoms with van der Waals surface area (Å²) in [7, 11) is -3.87. The van der Waals surface area contributed by atoms with E-state index >= 15 is 0 Å². The van der Waals surface area contributed by atoms with Crippen molar-refractivity contribution in [2.75, 3.05) is 24.2 Å². The Labute approximate surface area is 217 Å². The van der Waals surface area contributed by atoms with Crippen molar-refractivity contribution in [2.45, 2.75) is 38.1 Å². The standard InChI is InChI=1S/C24H26FN7O5S/c1-13(2)19-18-17(31-10-8-24(9-11-31)22(34)27-23(35)28-24)12-16(21(33)30-38(3,36)37)26-20(18)32(29-19)15-6-4-14(25)5-7-15/h4-7,12-13H,8-11H2,1-3H3,(H,30,33)(H2,27,28,34,35). The summed E-state index contributed by atoms with van der Waals surface area (Å²) in [6.45, 7) is 4.63. The minimum Gasteiger partial charge on any atom is -0.371 e. The lowest BCUT2D eigenvalue weighted by atomic mass is 9.87. The summed E-state index contributed by atoms with van der Waals surface area (Å²) in [5.74, 6) is -1.78. The lowest BCUT2D eigenvalue weighted by Gasteiger charge is -2.38. The zero-order chi connectivity index (χ0) is 27.4. The molecule has 4 amide bonds. The molecule has 0 saturated carbocycles. The highest BCUT2D eigenvalue weighted by Gasteiger charge is 2.48. The van der Waals surface area contributed by atoms with E-state index in [0.717, 1.165) is 6.26 Å². The number of piperidine rings is 1. The molecule has 0 atom stereocenters. The predicted octanol–water partition coefficient (Wildman–Crippen LogP) is 1.55. The van der Waals surface area contributed by atoms with Gasteiger partial charge in [0.2, 0.25) is 10.0 Å². The minimum atomic E-state index is -3.87. The summed E-state index contributed by atoms with van der Waals surface area (Å²) in [6.07, 6.45) is 1.51. The topological polar surface area (TPSA) is 155 Å². The molecule has 2 fully saturated rings. The number of amides is 4. The third-order valence-corrected chi connectivity index (χ3v) is 7.30. The molecular formula is C24H26FN7O5S. The van der Waals surface area contributed by atoms with Crippen LogP contribution in [-0.2, 0) is 14.8 Å². The Kier molecular flexibility index (Phi) is 6.09. The van der Waals surface area contributed by atoms with Crippen LogP contribution in [0.5, 0.6) is 0 Å². The van der Waals surface area contributed by atoms with E-state index < -0.39 is 33.3 Å². The maximum Gasteiger partial charge on any atom is 0.322 e. The molecule has 0 radical (unpaired) electrons. The van der Waals surface area contributed by atoms with E-state index in [2.05, 4.69) is 15.6 Å². The fourth-order valence-electron chi connectivity index (χ4n) is 4.88. The molecule has 0 aliphatic carbocycles. The van der Waals surface area contributed by atoms with Crippen LogP contribution in [0.3, 0.4) is 0 Å². The molecular weight excluding hydrogens is 517 g/mol. The Bertz CT molecular complexity index is 1580. The van der Waals surface area contributed by atoms with Gasteiger partial charge in [0.1, 0.15) is 17.1 Å². The highest BCUT2D eigenvalue weighted by Crippen LogP contribution is 2.37. The first kappa shape index (κ1) is 25.6. The van der Waals surface area contributed by atoms with E-state index in [1.54, 1.807) is 0 Å². The lowest BCUT2D eigenvalue weighted by molar-refractivity contribution is -0.124. The Morgan fingerprint density at radius 1 is 1.16 bits per heavy atom. The quantitative estimate of drug-likeness (QED) is 0.410. The van der Waals surface area contributed by atoms with Crippen molar-refractivity contribution >= 4 is 44.6 Å². The molecule has 4 heterocycles. The number of carbonyl (C=O) groups is 3.